The molecule has 0 bridgehead atoms. The molecule has 2 aromatic heterocycles. The van der Waals surface area contributed by atoms with Gasteiger partial charge in [-0.2, -0.15) is 0 Å². The number of anilines is 1. The van der Waals surface area contributed by atoms with Gasteiger partial charge in [0.1, 0.15) is 5.82 Å². The van der Waals surface area contributed by atoms with Crippen molar-refractivity contribution in [3.8, 4) is 0 Å². The van der Waals surface area contributed by atoms with Gasteiger partial charge < -0.3 is 15.6 Å². The molecule has 3 aromatic rings. The predicted octanol–water partition coefficient (Wildman–Crippen LogP) is 1.86. The van der Waals surface area contributed by atoms with E-state index in [0.717, 1.165) is 17.8 Å². The Morgan fingerprint density at radius 1 is 1.16 bits per heavy atom. The summed E-state index contributed by atoms with van der Waals surface area (Å²) in [6.07, 6.45) is 2.52. The van der Waals surface area contributed by atoms with Crippen molar-refractivity contribution in [3.63, 3.8) is 0 Å². The third-order valence-electron chi connectivity index (χ3n) is 3.68. The van der Waals surface area contributed by atoms with Crippen LogP contribution in [0.3, 0.4) is 0 Å². The summed E-state index contributed by atoms with van der Waals surface area (Å²) < 4.78 is 0. The zero-order valence-electron chi connectivity index (χ0n) is 13.9. The second-order valence-electron chi connectivity index (χ2n) is 5.69. The van der Waals surface area contributed by atoms with E-state index < -0.39 is 5.91 Å². The van der Waals surface area contributed by atoms with Gasteiger partial charge in [-0.05, 0) is 37.1 Å². The number of para-hydroxylation sites is 1. The Morgan fingerprint density at radius 3 is 2.80 bits per heavy atom. The highest BCUT2D eigenvalue weighted by Gasteiger charge is 2.10. The first kappa shape index (κ1) is 16.6. The van der Waals surface area contributed by atoms with E-state index in [1.165, 1.54) is 0 Å². The summed E-state index contributed by atoms with van der Waals surface area (Å²) in [5.74, 6) is 0.436. The van der Waals surface area contributed by atoms with Gasteiger partial charge in [0.15, 0.2) is 5.82 Å². The standard InChI is InChI=1S/C18H19N5O2/c1-12-7-8-15(21-11-12)19-9-4-10-20-18(25)16-22-14-6-3-2-5-13(14)17(24)23-16/h2-3,5-8,11H,4,9-10H2,1H3,(H,19,21)(H,20,25)(H,22,23,24). The number of pyridine rings is 1. The summed E-state index contributed by atoms with van der Waals surface area (Å²) >= 11 is 0. The van der Waals surface area contributed by atoms with Crippen LogP contribution in [0.5, 0.6) is 0 Å². The van der Waals surface area contributed by atoms with Gasteiger partial charge in [-0.15, -0.1) is 0 Å². The number of carbonyl (C=O) groups excluding carboxylic acids is 1. The normalized spacial score (nSPS) is 10.6. The molecule has 0 radical (unpaired) electrons. The van der Waals surface area contributed by atoms with E-state index in [1.807, 2.05) is 19.1 Å². The molecule has 1 aromatic carbocycles. The molecule has 0 saturated heterocycles. The smallest absolute Gasteiger partial charge is 0.287 e. The van der Waals surface area contributed by atoms with Crippen molar-refractivity contribution in [1.82, 2.24) is 20.3 Å². The summed E-state index contributed by atoms with van der Waals surface area (Å²) in [6, 6.07) is 10.8. The fourth-order valence-corrected chi connectivity index (χ4v) is 2.36. The number of nitrogens with one attached hydrogen (secondary N) is 3. The van der Waals surface area contributed by atoms with E-state index in [4.69, 9.17) is 0 Å². The van der Waals surface area contributed by atoms with Crippen molar-refractivity contribution in [1.29, 1.82) is 0 Å². The van der Waals surface area contributed by atoms with Gasteiger partial charge in [-0.3, -0.25) is 9.59 Å². The van der Waals surface area contributed by atoms with Crippen molar-refractivity contribution in [2.45, 2.75) is 13.3 Å². The summed E-state index contributed by atoms with van der Waals surface area (Å²) in [7, 11) is 0. The largest absolute Gasteiger partial charge is 0.370 e. The molecular formula is C18H19N5O2. The Kier molecular flexibility index (Phi) is 5.03. The average molecular weight is 337 g/mol. The van der Waals surface area contributed by atoms with Gasteiger partial charge in [-0.1, -0.05) is 18.2 Å². The number of nitrogens with zero attached hydrogens (tertiary/aromatic N) is 2. The van der Waals surface area contributed by atoms with Gasteiger partial charge >= 0.3 is 0 Å². The van der Waals surface area contributed by atoms with E-state index in [1.54, 1.807) is 30.5 Å². The maximum atomic E-state index is 12.1. The second kappa shape index (κ2) is 7.57. The van der Waals surface area contributed by atoms with Crippen LogP contribution in [0.15, 0.2) is 47.4 Å². The SMILES string of the molecule is Cc1ccc(NCCCNC(=O)c2nc3ccccc3c(=O)[nH]2)nc1. The van der Waals surface area contributed by atoms with E-state index in [9.17, 15) is 9.59 Å². The molecule has 1 amide bonds. The topological polar surface area (TPSA) is 99.8 Å². The number of benzene rings is 1. The van der Waals surface area contributed by atoms with Gasteiger partial charge in [0.05, 0.1) is 10.9 Å². The molecule has 7 nitrogen and oxygen atoms in total. The van der Waals surface area contributed by atoms with Crippen LogP contribution in [0.4, 0.5) is 5.82 Å². The molecule has 0 atom stereocenters. The lowest BCUT2D eigenvalue weighted by molar-refractivity contribution is 0.0943. The Bertz CT molecular complexity index is 934. The number of carbonyl (C=O) groups is 1. The molecule has 0 spiro atoms. The first-order valence-electron chi connectivity index (χ1n) is 8.07. The van der Waals surface area contributed by atoms with Crippen molar-refractivity contribution >= 4 is 22.6 Å². The number of amides is 1. The number of rotatable bonds is 6. The molecule has 2 heterocycles. The maximum Gasteiger partial charge on any atom is 0.287 e. The molecule has 128 valence electrons. The van der Waals surface area contributed by atoms with Gasteiger partial charge in [0.2, 0.25) is 0 Å². The van der Waals surface area contributed by atoms with Crippen LogP contribution < -0.4 is 16.2 Å². The van der Waals surface area contributed by atoms with Crippen LogP contribution in [0.2, 0.25) is 0 Å². The van der Waals surface area contributed by atoms with Gasteiger partial charge in [0.25, 0.3) is 11.5 Å². The molecule has 7 heteroatoms. The minimum Gasteiger partial charge on any atom is -0.370 e. The summed E-state index contributed by atoms with van der Waals surface area (Å²) in [5, 5.41) is 6.40. The lowest BCUT2D eigenvalue weighted by atomic mass is 10.2. The molecule has 3 rings (SSSR count). The highest BCUT2D eigenvalue weighted by molar-refractivity contribution is 5.92. The van der Waals surface area contributed by atoms with Gasteiger partial charge in [-0.25, -0.2) is 9.97 Å². The number of hydrogen-bond donors (Lipinski definition) is 3. The minimum atomic E-state index is -0.392. The Labute approximate surface area is 144 Å². The highest BCUT2D eigenvalue weighted by Crippen LogP contribution is 2.05. The molecular weight excluding hydrogens is 318 g/mol. The molecule has 0 saturated carbocycles. The summed E-state index contributed by atoms with van der Waals surface area (Å²) in [5.41, 5.74) is 1.29. The van der Waals surface area contributed by atoms with Crippen molar-refractivity contribution in [2.75, 3.05) is 18.4 Å². The van der Waals surface area contributed by atoms with Crippen LogP contribution in [-0.4, -0.2) is 33.9 Å². The summed E-state index contributed by atoms with van der Waals surface area (Å²) in [6.45, 7) is 3.13. The third kappa shape index (κ3) is 4.20. The molecule has 3 N–H and O–H groups in total. The van der Waals surface area contributed by atoms with Gasteiger partial charge in [0, 0.05) is 19.3 Å². The van der Waals surface area contributed by atoms with E-state index >= 15 is 0 Å². The fraction of sp³-hybridized carbons (Fsp3) is 0.222. The minimum absolute atomic E-state index is 0.0249. The molecule has 0 aliphatic carbocycles. The first-order chi connectivity index (χ1) is 12.1. The third-order valence-corrected chi connectivity index (χ3v) is 3.68. The number of H-pyrrole nitrogens is 1. The zero-order valence-corrected chi connectivity index (χ0v) is 13.9. The highest BCUT2D eigenvalue weighted by atomic mass is 16.2. The lowest BCUT2D eigenvalue weighted by Crippen LogP contribution is -2.29. The first-order valence-corrected chi connectivity index (χ1v) is 8.07. The second-order valence-corrected chi connectivity index (χ2v) is 5.69. The van der Waals surface area contributed by atoms with Crippen LogP contribution in [-0.2, 0) is 0 Å². The Balaban J connectivity index is 1.51. The van der Waals surface area contributed by atoms with Crippen molar-refractivity contribution in [3.05, 3.63) is 64.3 Å². The number of aryl methyl sites for hydroxylation is 1. The predicted molar refractivity (Wildman–Crippen MR) is 96.8 cm³/mol. The number of hydrogen-bond acceptors (Lipinski definition) is 5. The lowest BCUT2D eigenvalue weighted by Gasteiger charge is -2.07. The maximum absolute atomic E-state index is 12.1. The number of aromatic amines is 1. The molecule has 25 heavy (non-hydrogen) atoms. The Morgan fingerprint density at radius 2 is 2.00 bits per heavy atom. The van der Waals surface area contributed by atoms with Crippen molar-refractivity contribution < 1.29 is 4.79 Å². The van der Waals surface area contributed by atoms with Crippen molar-refractivity contribution in [2.24, 2.45) is 0 Å². The van der Waals surface area contributed by atoms with Crippen LogP contribution in [0.1, 0.15) is 22.6 Å². The van der Waals surface area contributed by atoms with Crippen LogP contribution >= 0.6 is 0 Å². The molecule has 0 fully saturated rings. The molecule has 0 unspecified atom stereocenters. The monoisotopic (exact) mass is 337 g/mol. The van der Waals surface area contributed by atoms with Crippen LogP contribution in [0.25, 0.3) is 10.9 Å². The quantitative estimate of drug-likeness (QED) is 0.596. The average Bonchev–Trinajstić information content (AvgIpc) is 2.63. The number of aromatic nitrogens is 3. The fourth-order valence-electron chi connectivity index (χ4n) is 2.36. The van der Waals surface area contributed by atoms with E-state index in [0.29, 0.717) is 24.0 Å². The summed E-state index contributed by atoms with van der Waals surface area (Å²) in [4.78, 5) is 35.1. The Hall–Kier alpha value is -3.22. The zero-order chi connectivity index (χ0) is 17.6. The van der Waals surface area contributed by atoms with E-state index in [2.05, 4.69) is 25.6 Å². The van der Waals surface area contributed by atoms with E-state index in [-0.39, 0.29) is 11.4 Å². The molecule has 0 aliphatic heterocycles. The van der Waals surface area contributed by atoms with Crippen LogP contribution in [0, 0.1) is 6.92 Å². The number of fused-ring (bicyclic) bond motifs is 1. The molecule has 0 aliphatic rings.